The molecule has 1 atom stereocenters. The van der Waals surface area contributed by atoms with Gasteiger partial charge in [0.05, 0.1) is 11.4 Å². The predicted octanol–water partition coefficient (Wildman–Crippen LogP) is 6.07. The summed E-state index contributed by atoms with van der Waals surface area (Å²) in [6.07, 6.45) is 6.59. The van der Waals surface area contributed by atoms with Crippen molar-refractivity contribution in [1.29, 1.82) is 0 Å². The van der Waals surface area contributed by atoms with Crippen molar-refractivity contribution in [2.24, 2.45) is 5.92 Å². The number of benzene rings is 2. The molecule has 0 N–H and O–H groups in total. The van der Waals surface area contributed by atoms with E-state index < -0.39 is 5.60 Å². The van der Waals surface area contributed by atoms with Crippen LogP contribution in [0.1, 0.15) is 56.9 Å². The van der Waals surface area contributed by atoms with Crippen molar-refractivity contribution < 1.29 is 9.53 Å². The van der Waals surface area contributed by atoms with Crippen LogP contribution in [-0.2, 0) is 22.4 Å². The van der Waals surface area contributed by atoms with Crippen LogP contribution >= 0.6 is 0 Å². The summed E-state index contributed by atoms with van der Waals surface area (Å²) < 4.78 is 7.51. The lowest BCUT2D eigenvalue weighted by Gasteiger charge is -2.23. The quantitative estimate of drug-likeness (QED) is 0.474. The third-order valence-corrected chi connectivity index (χ3v) is 5.99. The van der Waals surface area contributed by atoms with E-state index in [0.717, 1.165) is 31.4 Å². The van der Waals surface area contributed by atoms with E-state index in [2.05, 4.69) is 55.6 Å². The Kier molecular flexibility index (Phi) is 5.99. The van der Waals surface area contributed by atoms with Crippen molar-refractivity contribution in [2.45, 2.75) is 65.4 Å². The van der Waals surface area contributed by atoms with Gasteiger partial charge in [-0.2, -0.15) is 5.10 Å². The normalized spacial score (nSPS) is 16.1. The largest absolute Gasteiger partial charge is 0.460 e. The molecule has 1 aromatic heterocycles. The summed E-state index contributed by atoms with van der Waals surface area (Å²) in [5.74, 6) is 0.386. The Balaban J connectivity index is 1.48. The molecular formula is C27H32N2O2. The van der Waals surface area contributed by atoms with Gasteiger partial charge in [0.25, 0.3) is 0 Å². The van der Waals surface area contributed by atoms with Crippen LogP contribution in [0.4, 0.5) is 0 Å². The highest BCUT2D eigenvalue weighted by Gasteiger charge is 2.24. The van der Waals surface area contributed by atoms with Gasteiger partial charge in [-0.3, -0.25) is 4.79 Å². The molecule has 0 aliphatic heterocycles. The number of rotatable bonds is 5. The van der Waals surface area contributed by atoms with Crippen LogP contribution in [0.2, 0.25) is 0 Å². The molecule has 162 valence electrons. The summed E-state index contributed by atoms with van der Waals surface area (Å²) in [6, 6.07) is 16.9. The van der Waals surface area contributed by atoms with Gasteiger partial charge in [0, 0.05) is 12.6 Å². The van der Waals surface area contributed by atoms with Crippen molar-refractivity contribution in [2.75, 3.05) is 0 Å². The lowest BCUT2D eigenvalue weighted by atomic mass is 9.85. The molecule has 0 saturated carbocycles. The Hall–Kier alpha value is -2.88. The van der Waals surface area contributed by atoms with Gasteiger partial charge >= 0.3 is 5.97 Å². The second-order valence-electron chi connectivity index (χ2n) is 9.60. The molecule has 0 saturated heterocycles. The third-order valence-electron chi connectivity index (χ3n) is 5.99. The molecule has 1 unspecified atom stereocenters. The zero-order valence-corrected chi connectivity index (χ0v) is 19.0. The summed E-state index contributed by atoms with van der Waals surface area (Å²) >= 11 is 0. The van der Waals surface area contributed by atoms with Crippen molar-refractivity contribution >= 4 is 5.97 Å². The number of fused-ring (bicyclic) bond motifs is 1. The van der Waals surface area contributed by atoms with E-state index in [1.165, 1.54) is 27.9 Å². The van der Waals surface area contributed by atoms with E-state index in [0.29, 0.717) is 12.3 Å². The first-order valence-corrected chi connectivity index (χ1v) is 11.2. The Morgan fingerprint density at radius 3 is 2.65 bits per heavy atom. The summed E-state index contributed by atoms with van der Waals surface area (Å²) in [4.78, 5) is 12.1. The third kappa shape index (κ3) is 5.07. The molecule has 0 fully saturated rings. The SMILES string of the molecule is Cc1c(-c2ccccc2)cccc1-n1cc2c(n1)CC(CCC(=O)OC(C)(C)C)CC2. The van der Waals surface area contributed by atoms with Crippen LogP contribution < -0.4 is 0 Å². The van der Waals surface area contributed by atoms with Crippen molar-refractivity contribution in [3.05, 3.63) is 71.5 Å². The lowest BCUT2D eigenvalue weighted by Crippen LogP contribution is -2.24. The monoisotopic (exact) mass is 416 g/mol. The molecule has 0 amide bonds. The number of carbonyl (C=O) groups is 1. The number of ether oxygens (including phenoxy) is 1. The topological polar surface area (TPSA) is 44.1 Å². The number of nitrogens with zero attached hydrogens (tertiary/aromatic N) is 2. The number of esters is 1. The fourth-order valence-corrected chi connectivity index (χ4v) is 4.45. The van der Waals surface area contributed by atoms with Gasteiger partial charge in [-0.25, -0.2) is 4.68 Å². The molecule has 1 heterocycles. The van der Waals surface area contributed by atoms with E-state index in [4.69, 9.17) is 9.84 Å². The zero-order valence-electron chi connectivity index (χ0n) is 19.0. The minimum Gasteiger partial charge on any atom is -0.460 e. The van der Waals surface area contributed by atoms with Gasteiger partial charge in [0.15, 0.2) is 0 Å². The molecule has 0 radical (unpaired) electrons. The zero-order chi connectivity index (χ0) is 22.0. The molecule has 1 aliphatic rings. The maximum Gasteiger partial charge on any atom is 0.306 e. The molecular weight excluding hydrogens is 384 g/mol. The second kappa shape index (κ2) is 8.70. The highest BCUT2D eigenvalue weighted by Crippen LogP contribution is 2.31. The standard InChI is InChI=1S/C27H32N2O2/c1-19-23(21-9-6-5-7-10-21)11-8-12-25(19)29-18-22-15-13-20(17-24(22)28-29)14-16-26(30)31-27(2,3)4/h5-12,18,20H,13-17H2,1-4H3. The molecule has 31 heavy (non-hydrogen) atoms. The Labute approximate surface area is 185 Å². The van der Waals surface area contributed by atoms with Gasteiger partial charge in [-0.15, -0.1) is 0 Å². The first-order valence-electron chi connectivity index (χ1n) is 11.2. The van der Waals surface area contributed by atoms with E-state index in [1.54, 1.807) is 0 Å². The fraction of sp³-hybridized carbons (Fsp3) is 0.407. The van der Waals surface area contributed by atoms with E-state index in [1.807, 2.05) is 31.5 Å². The van der Waals surface area contributed by atoms with Crippen LogP contribution in [0.15, 0.2) is 54.7 Å². The Bertz CT molecular complexity index is 1060. The minimum atomic E-state index is -0.415. The Morgan fingerprint density at radius 1 is 1.13 bits per heavy atom. The minimum absolute atomic E-state index is 0.0998. The molecule has 4 nitrogen and oxygen atoms in total. The first-order chi connectivity index (χ1) is 14.8. The molecule has 1 aliphatic carbocycles. The summed E-state index contributed by atoms with van der Waals surface area (Å²) in [7, 11) is 0. The average molecular weight is 417 g/mol. The molecule has 4 rings (SSSR count). The van der Waals surface area contributed by atoms with E-state index >= 15 is 0 Å². The van der Waals surface area contributed by atoms with Gasteiger partial charge in [-0.1, -0.05) is 42.5 Å². The molecule has 4 heteroatoms. The number of aromatic nitrogens is 2. The maximum atomic E-state index is 12.1. The number of hydrogen-bond donors (Lipinski definition) is 0. The molecule has 2 aromatic carbocycles. The highest BCUT2D eigenvalue weighted by molar-refractivity contribution is 5.71. The van der Waals surface area contributed by atoms with Crippen LogP contribution in [0.5, 0.6) is 0 Å². The van der Waals surface area contributed by atoms with Crippen LogP contribution in [0.3, 0.4) is 0 Å². The number of aryl methyl sites for hydroxylation is 1. The van der Waals surface area contributed by atoms with Crippen molar-refractivity contribution in [1.82, 2.24) is 9.78 Å². The molecule has 0 bridgehead atoms. The predicted molar refractivity (Wildman–Crippen MR) is 124 cm³/mol. The summed E-state index contributed by atoms with van der Waals surface area (Å²) in [5, 5.41) is 4.95. The van der Waals surface area contributed by atoms with Gasteiger partial charge in [0.2, 0.25) is 0 Å². The number of carbonyl (C=O) groups excluding carboxylic acids is 1. The van der Waals surface area contributed by atoms with Gasteiger partial charge < -0.3 is 4.74 Å². The lowest BCUT2D eigenvalue weighted by molar-refractivity contribution is -0.155. The van der Waals surface area contributed by atoms with E-state index in [9.17, 15) is 4.79 Å². The van der Waals surface area contributed by atoms with Crippen LogP contribution in [0, 0.1) is 12.8 Å². The fourth-order valence-electron chi connectivity index (χ4n) is 4.45. The van der Waals surface area contributed by atoms with Gasteiger partial charge in [0.1, 0.15) is 5.60 Å². The Morgan fingerprint density at radius 2 is 1.90 bits per heavy atom. The maximum absolute atomic E-state index is 12.1. The van der Waals surface area contributed by atoms with Gasteiger partial charge in [-0.05, 0) is 87.6 Å². The molecule has 3 aromatic rings. The second-order valence-corrected chi connectivity index (χ2v) is 9.60. The van der Waals surface area contributed by atoms with Crippen molar-refractivity contribution in [3.63, 3.8) is 0 Å². The van der Waals surface area contributed by atoms with Crippen LogP contribution in [-0.4, -0.2) is 21.4 Å². The summed E-state index contributed by atoms with van der Waals surface area (Å²) in [5.41, 5.74) is 6.91. The first kappa shape index (κ1) is 21.4. The average Bonchev–Trinajstić information content (AvgIpc) is 3.15. The van der Waals surface area contributed by atoms with E-state index in [-0.39, 0.29) is 5.97 Å². The van der Waals surface area contributed by atoms with Crippen molar-refractivity contribution in [3.8, 4) is 16.8 Å². The number of hydrogen-bond acceptors (Lipinski definition) is 3. The summed E-state index contributed by atoms with van der Waals surface area (Å²) in [6.45, 7) is 7.92. The molecule has 0 spiro atoms. The smallest absolute Gasteiger partial charge is 0.306 e. The highest BCUT2D eigenvalue weighted by atomic mass is 16.6. The van der Waals surface area contributed by atoms with Crippen LogP contribution in [0.25, 0.3) is 16.8 Å².